The molecule has 0 aliphatic heterocycles. The molecule has 0 unspecified atom stereocenters. The highest BCUT2D eigenvalue weighted by Gasteiger charge is 2.10. The van der Waals surface area contributed by atoms with Crippen LogP contribution < -0.4 is 5.69 Å². The summed E-state index contributed by atoms with van der Waals surface area (Å²) in [6.45, 7) is 2.07. The van der Waals surface area contributed by atoms with Crippen molar-refractivity contribution in [2.45, 2.75) is 11.8 Å². The Kier molecular flexibility index (Phi) is 3.23. The van der Waals surface area contributed by atoms with Crippen molar-refractivity contribution < 1.29 is 0 Å². The highest BCUT2D eigenvalue weighted by molar-refractivity contribution is 7.98. The van der Waals surface area contributed by atoms with Crippen LogP contribution in [0.15, 0.2) is 34.1 Å². The van der Waals surface area contributed by atoms with Gasteiger partial charge in [0.15, 0.2) is 5.65 Å². The molecule has 7 heteroatoms. The maximum Gasteiger partial charge on any atom is 0.348 e. The number of nitrogens with zero attached hydrogens (tertiary/aromatic N) is 2. The monoisotopic (exact) mass is 304 g/mol. The first-order valence-electron chi connectivity index (χ1n) is 5.95. The highest BCUT2D eigenvalue weighted by Crippen LogP contribution is 2.28. The van der Waals surface area contributed by atoms with Crippen molar-refractivity contribution in [2.75, 3.05) is 6.26 Å². The van der Waals surface area contributed by atoms with Crippen molar-refractivity contribution in [3.63, 3.8) is 0 Å². The summed E-state index contributed by atoms with van der Waals surface area (Å²) in [6, 6.07) is 6.18. The van der Waals surface area contributed by atoms with Gasteiger partial charge in [0.05, 0.1) is 0 Å². The summed E-state index contributed by atoms with van der Waals surface area (Å²) in [5.74, 6) is 0. The van der Waals surface area contributed by atoms with Crippen molar-refractivity contribution in [1.29, 1.82) is 0 Å². The SMILES string of the molecule is CSc1ccc(-c2c[nH]n3c(=O)[nH]c(=S)nc23)cc1C. The van der Waals surface area contributed by atoms with E-state index in [1.165, 1.54) is 15.0 Å². The predicted octanol–water partition coefficient (Wildman–Crippen LogP) is 2.78. The summed E-state index contributed by atoms with van der Waals surface area (Å²) >= 11 is 6.68. The van der Waals surface area contributed by atoms with Gasteiger partial charge in [-0.15, -0.1) is 11.8 Å². The third-order valence-electron chi connectivity index (χ3n) is 3.12. The molecule has 0 spiro atoms. The van der Waals surface area contributed by atoms with E-state index >= 15 is 0 Å². The molecule has 0 bridgehead atoms. The average Bonchev–Trinajstić information content (AvgIpc) is 2.82. The largest absolute Gasteiger partial charge is 0.348 e. The van der Waals surface area contributed by atoms with Gasteiger partial charge >= 0.3 is 5.69 Å². The van der Waals surface area contributed by atoms with Crippen LogP contribution in [0.4, 0.5) is 0 Å². The quantitative estimate of drug-likeness (QED) is 0.564. The lowest BCUT2D eigenvalue weighted by atomic mass is 10.1. The fourth-order valence-corrected chi connectivity index (χ4v) is 2.93. The first kappa shape index (κ1) is 13.1. The molecule has 2 heterocycles. The lowest BCUT2D eigenvalue weighted by Gasteiger charge is -2.05. The van der Waals surface area contributed by atoms with E-state index < -0.39 is 0 Å². The third-order valence-corrected chi connectivity index (χ3v) is 4.21. The molecular weight excluding hydrogens is 292 g/mol. The zero-order chi connectivity index (χ0) is 14.3. The molecule has 2 aromatic heterocycles. The first-order chi connectivity index (χ1) is 9.60. The maximum atomic E-state index is 11.8. The number of hydrogen-bond donors (Lipinski definition) is 2. The van der Waals surface area contributed by atoms with E-state index in [2.05, 4.69) is 34.1 Å². The molecular formula is C13H12N4OS2. The van der Waals surface area contributed by atoms with E-state index in [0.29, 0.717) is 5.65 Å². The van der Waals surface area contributed by atoms with Gasteiger partial charge in [-0.2, -0.15) is 9.50 Å². The van der Waals surface area contributed by atoms with Crippen LogP contribution in [0.5, 0.6) is 0 Å². The van der Waals surface area contributed by atoms with Crippen molar-refractivity contribution in [1.82, 2.24) is 19.6 Å². The van der Waals surface area contributed by atoms with Gasteiger partial charge in [-0.3, -0.25) is 10.1 Å². The number of fused-ring (bicyclic) bond motifs is 1. The van der Waals surface area contributed by atoms with Gasteiger partial charge < -0.3 is 0 Å². The minimum atomic E-state index is -0.316. The second-order valence-electron chi connectivity index (χ2n) is 4.38. The Hall–Kier alpha value is -1.86. The molecule has 0 saturated heterocycles. The number of aryl methyl sites for hydroxylation is 1. The number of aromatic amines is 2. The number of nitrogens with one attached hydrogen (secondary N) is 2. The van der Waals surface area contributed by atoms with E-state index in [9.17, 15) is 4.79 Å². The van der Waals surface area contributed by atoms with E-state index in [4.69, 9.17) is 12.2 Å². The molecule has 2 N–H and O–H groups in total. The van der Waals surface area contributed by atoms with Gasteiger partial charge in [0.2, 0.25) is 4.77 Å². The molecule has 0 saturated carbocycles. The van der Waals surface area contributed by atoms with Crippen LogP contribution >= 0.6 is 24.0 Å². The predicted molar refractivity (Wildman–Crippen MR) is 83.0 cm³/mol. The van der Waals surface area contributed by atoms with Crippen LogP contribution in [0.3, 0.4) is 0 Å². The fraction of sp³-hybridized carbons (Fsp3) is 0.154. The Labute approximate surface area is 124 Å². The number of rotatable bonds is 2. The average molecular weight is 304 g/mol. The maximum absolute atomic E-state index is 11.8. The van der Waals surface area contributed by atoms with Gasteiger partial charge in [0.1, 0.15) is 0 Å². The van der Waals surface area contributed by atoms with E-state index in [0.717, 1.165) is 11.1 Å². The minimum absolute atomic E-state index is 0.188. The molecule has 0 fully saturated rings. The molecule has 0 radical (unpaired) electrons. The van der Waals surface area contributed by atoms with Crippen molar-refractivity contribution in [3.8, 4) is 11.1 Å². The van der Waals surface area contributed by atoms with Crippen molar-refractivity contribution >= 4 is 29.6 Å². The fourth-order valence-electron chi connectivity index (χ4n) is 2.17. The van der Waals surface area contributed by atoms with E-state index in [1.807, 2.05) is 12.3 Å². The summed E-state index contributed by atoms with van der Waals surface area (Å²) in [4.78, 5) is 19.7. The molecule has 3 rings (SSSR count). The molecule has 20 heavy (non-hydrogen) atoms. The second kappa shape index (κ2) is 4.92. The van der Waals surface area contributed by atoms with Gasteiger partial charge in [-0.25, -0.2) is 4.79 Å². The van der Waals surface area contributed by atoms with Crippen LogP contribution in [-0.4, -0.2) is 25.8 Å². The summed E-state index contributed by atoms with van der Waals surface area (Å²) < 4.78 is 1.54. The summed E-state index contributed by atoms with van der Waals surface area (Å²) in [6.07, 6.45) is 3.81. The lowest BCUT2D eigenvalue weighted by molar-refractivity contribution is 0.833. The van der Waals surface area contributed by atoms with Crippen LogP contribution in [0.1, 0.15) is 5.56 Å². The summed E-state index contributed by atoms with van der Waals surface area (Å²) in [5, 5.41) is 2.89. The Bertz CT molecular complexity index is 907. The second-order valence-corrected chi connectivity index (χ2v) is 5.61. The zero-order valence-corrected chi connectivity index (χ0v) is 12.6. The highest BCUT2D eigenvalue weighted by atomic mass is 32.2. The first-order valence-corrected chi connectivity index (χ1v) is 7.59. The topological polar surface area (TPSA) is 65.9 Å². The Balaban J connectivity index is 2.27. The summed E-state index contributed by atoms with van der Waals surface area (Å²) in [7, 11) is 0. The van der Waals surface area contributed by atoms with Crippen LogP contribution in [0.2, 0.25) is 0 Å². The van der Waals surface area contributed by atoms with Gasteiger partial charge in [0, 0.05) is 16.7 Å². The Morgan fingerprint density at radius 3 is 2.90 bits per heavy atom. The molecule has 0 atom stereocenters. The molecule has 0 amide bonds. The molecule has 0 aliphatic rings. The van der Waals surface area contributed by atoms with Crippen molar-refractivity contribution in [3.05, 3.63) is 45.2 Å². The molecule has 3 aromatic rings. The molecule has 102 valence electrons. The van der Waals surface area contributed by atoms with Crippen molar-refractivity contribution in [2.24, 2.45) is 0 Å². The van der Waals surface area contributed by atoms with Crippen LogP contribution in [-0.2, 0) is 0 Å². The Morgan fingerprint density at radius 1 is 1.40 bits per heavy atom. The number of hydrogen-bond acceptors (Lipinski definition) is 4. The number of benzene rings is 1. The third kappa shape index (κ3) is 2.08. The number of aromatic nitrogens is 4. The van der Waals surface area contributed by atoms with Gasteiger partial charge in [0.25, 0.3) is 0 Å². The van der Waals surface area contributed by atoms with E-state index in [-0.39, 0.29) is 10.5 Å². The van der Waals surface area contributed by atoms with Crippen LogP contribution in [0.25, 0.3) is 16.8 Å². The normalized spacial score (nSPS) is 11.1. The Morgan fingerprint density at radius 2 is 2.20 bits per heavy atom. The standard InChI is InChI=1S/C13H12N4OS2/c1-7-5-8(3-4-10(7)20-2)9-6-14-17-11(9)15-12(19)16-13(17)18/h3-6,14H,1-2H3,(H,16,18,19). The van der Waals surface area contributed by atoms with E-state index in [1.54, 1.807) is 18.0 Å². The number of H-pyrrole nitrogens is 2. The molecule has 0 aliphatic carbocycles. The molecule has 5 nitrogen and oxygen atoms in total. The van der Waals surface area contributed by atoms with Gasteiger partial charge in [-0.05, 0) is 42.6 Å². The molecule has 1 aromatic carbocycles. The summed E-state index contributed by atoms with van der Waals surface area (Å²) in [5.41, 5.74) is 3.28. The van der Waals surface area contributed by atoms with Gasteiger partial charge in [-0.1, -0.05) is 12.1 Å². The zero-order valence-electron chi connectivity index (χ0n) is 10.9. The smallest absolute Gasteiger partial charge is 0.295 e. The minimum Gasteiger partial charge on any atom is -0.295 e. The van der Waals surface area contributed by atoms with Crippen LogP contribution in [0, 0.1) is 11.7 Å². The lowest BCUT2D eigenvalue weighted by Crippen LogP contribution is -2.18. The number of thioether (sulfide) groups is 1.